The number of aryl methyl sites for hydroxylation is 1. The van der Waals surface area contributed by atoms with Crippen LogP contribution in [0.5, 0.6) is 11.5 Å². The van der Waals surface area contributed by atoms with Crippen LogP contribution in [0.4, 0.5) is 4.39 Å². The van der Waals surface area contributed by atoms with Crippen LogP contribution in [0.1, 0.15) is 18.4 Å². The fourth-order valence-corrected chi connectivity index (χ4v) is 4.65. The predicted octanol–water partition coefficient (Wildman–Crippen LogP) is 1.26. The van der Waals surface area contributed by atoms with Crippen LogP contribution in [-0.2, 0) is 20.1 Å². The van der Waals surface area contributed by atoms with Crippen molar-refractivity contribution in [2.24, 2.45) is 7.05 Å². The minimum absolute atomic E-state index is 0.171. The van der Waals surface area contributed by atoms with Gasteiger partial charge in [0, 0.05) is 50.4 Å². The van der Waals surface area contributed by atoms with Gasteiger partial charge in [-0.25, -0.2) is 9.37 Å². The number of likely N-dealkylation sites (tertiary alicyclic amines) is 1. The lowest BCUT2D eigenvalue weighted by Gasteiger charge is -2.32. The van der Waals surface area contributed by atoms with Crippen molar-refractivity contribution in [2.75, 3.05) is 32.8 Å². The molecule has 0 aliphatic carbocycles. The van der Waals surface area contributed by atoms with E-state index in [1.165, 1.54) is 22.9 Å². The van der Waals surface area contributed by atoms with Crippen LogP contribution in [0.25, 0.3) is 11.2 Å². The number of rotatable bonds is 6. The molecule has 0 atom stereocenters. The summed E-state index contributed by atoms with van der Waals surface area (Å²) in [7, 11) is 1.66. The number of nitrogens with one attached hydrogen (secondary N) is 1. The summed E-state index contributed by atoms with van der Waals surface area (Å²) in [6.45, 7) is 4.27. The summed E-state index contributed by atoms with van der Waals surface area (Å²) >= 11 is 0. The SMILES string of the molecule is Cn1c(=O)ccc2ncc(=O)n(CCN3CCC(NCc4cc5c(cc4F)OCCO5)CC3)c21. The summed E-state index contributed by atoms with van der Waals surface area (Å²) in [5, 5.41) is 3.46. The third-order valence-corrected chi connectivity index (χ3v) is 6.62. The molecule has 0 unspecified atom stereocenters. The van der Waals surface area contributed by atoms with Gasteiger partial charge in [0.15, 0.2) is 11.5 Å². The lowest BCUT2D eigenvalue weighted by molar-refractivity contribution is 0.170. The molecule has 2 aliphatic rings. The van der Waals surface area contributed by atoms with Crippen molar-refractivity contribution >= 4 is 11.2 Å². The summed E-state index contributed by atoms with van der Waals surface area (Å²) in [6, 6.07) is 6.51. The van der Waals surface area contributed by atoms with Crippen molar-refractivity contribution in [1.82, 2.24) is 24.3 Å². The highest BCUT2D eigenvalue weighted by atomic mass is 19.1. The Kier molecular flexibility index (Phi) is 6.34. The van der Waals surface area contributed by atoms with E-state index in [0.717, 1.165) is 25.9 Å². The van der Waals surface area contributed by atoms with E-state index in [9.17, 15) is 14.0 Å². The number of fused-ring (bicyclic) bond motifs is 2. The Labute approximate surface area is 195 Å². The summed E-state index contributed by atoms with van der Waals surface area (Å²) in [5.74, 6) is 0.760. The number of nitrogens with zero attached hydrogens (tertiary/aromatic N) is 4. The van der Waals surface area contributed by atoms with Gasteiger partial charge in [0.05, 0.1) is 6.20 Å². The van der Waals surface area contributed by atoms with Gasteiger partial charge < -0.3 is 19.7 Å². The molecule has 1 aromatic carbocycles. The molecule has 2 aliphatic heterocycles. The maximum Gasteiger partial charge on any atom is 0.270 e. The van der Waals surface area contributed by atoms with Crippen molar-refractivity contribution in [3.8, 4) is 11.5 Å². The smallest absolute Gasteiger partial charge is 0.270 e. The average molecular weight is 470 g/mol. The highest BCUT2D eigenvalue weighted by molar-refractivity contribution is 5.70. The molecule has 0 radical (unpaired) electrons. The lowest BCUT2D eigenvalue weighted by atomic mass is 10.0. The highest BCUT2D eigenvalue weighted by Crippen LogP contribution is 2.32. The molecule has 0 spiro atoms. The van der Waals surface area contributed by atoms with Crippen molar-refractivity contribution in [2.45, 2.75) is 32.0 Å². The van der Waals surface area contributed by atoms with Crippen LogP contribution in [-0.4, -0.2) is 57.9 Å². The Morgan fingerprint density at radius 1 is 1.06 bits per heavy atom. The molecule has 4 heterocycles. The zero-order valence-corrected chi connectivity index (χ0v) is 19.1. The Balaban J connectivity index is 1.16. The molecule has 0 bridgehead atoms. The number of halogens is 1. The number of benzene rings is 1. The molecular formula is C24H28FN5O4. The number of hydrogen-bond acceptors (Lipinski definition) is 7. The third kappa shape index (κ3) is 4.55. The first-order valence-corrected chi connectivity index (χ1v) is 11.6. The summed E-state index contributed by atoms with van der Waals surface area (Å²) in [4.78, 5) is 31.0. The minimum atomic E-state index is -0.293. The van der Waals surface area contributed by atoms with Crippen molar-refractivity contribution < 1.29 is 13.9 Å². The van der Waals surface area contributed by atoms with E-state index in [1.807, 2.05) is 0 Å². The largest absolute Gasteiger partial charge is 0.486 e. The van der Waals surface area contributed by atoms with Crippen LogP contribution in [0.3, 0.4) is 0 Å². The fraction of sp³-hybridized carbons (Fsp3) is 0.458. The molecule has 9 nitrogen and oxygen atoms in total. The van der Waals surface area contributed by atoms with Crippen LogP contribution in [0, 0.1) is 5.82 Å². The normalized spacial score (nSPS) is 16.8. The topological polar surface area (TPSA) is 90.6 Å². The zero-order valence-electron chi connectivity index (χ0n) is 19.1. The maximum atomic E-state index is 14.4. The van der Waals surface area contributed by atoms with Gasteiger partial charge in [-0.1, -0.05) is 0 Å². The second-order valence-electron chi connectivity index (χ2n) is 8.77. The van der Waals surface area contributed by atoms with E-state index in [1.54, 1.807) is 23.7 Å². The Hall–Kier alpha value is -3.24. The maximum absolute atomic E-state index is 14.4. The van der Waals surface area contributed by atoms with Gasteiger partial charge in [-0.2, -0.15) is 0 Å². The van der Waals surface area contributed by atoms with Crippen LogP contribution in [0.2, 0.25) is 0 Å². The average Bonchev–Trinajstić information content (AvgIpc) is 2.85. The van der Waals surface area contributed by atoms with E-state index in [-0.39, 0.29) is 23.0 Å². The molecule has 1 saturated heterocycles. The molecule has 10 heteroatoms. The van der Waals surface area contributed by atoms with Crippen LogP contribution in [0.15, 0.2) is 40.1 Å². The number of piperidine rings is 1. The first kappa shape index (κ1) is 22.5. The van der Waals surface area contributed by atoms with E-state index in [0.29, 0.717) is 61.1 Å². The summed E-state index contributed by atoms with van der Waals surface area (Å²) < 4.78 is 28.5. The molecule has 180 valence electrons. The highest BCUT2D eigenvalue weighted by Gasteiger charge is 2.21. The molecule has 0 saturated carbocycles. The monoisotopic (exact) mass is 469 g/mol. The number of aromatic nitrogens is 3. The number of pyridine rings is 1. The Bertz CT molecular complexity index is 1310. The van der Waals surface area contributed by atoms with Gasteiger partial charge in [-0.3, -0.25) is 18.7 Å². The summed E-state index contributed by atoms with van der Waals surface area (Å²) in [5.41, 5.74) is 1.34. The van der Waals surface area contributed by atoms with E-state index in [4.69, 9.17) is 9.47 Å². The molecule has 3 aromatic rings. The van der Waals surface area contributed by atoms with Gasteiger partial charge in [-0.05, 0) is 38.1 Å². The van der Waals surface area contributed by atoms with E-state index in [2.05, 4.69) is 15.2 Å². The molecule has 2 aromatic heterocycles. The second kappa shape index (κ2) is 9.55. The van der Waals surface area contributed by atoms with Crippen molar-refractivity contribution in [1.29, 1.82) is 0 Å². The number of ether oxygens (including phenoxy) is 2. The van der Waals surface area contributed by atoms with Gasteiger partial charge in [0.25, 0.3) is 11.1 Å². The van der Waals surface area contributed by atoms with Gasteiger partial charge >= 0.3 is 0 Å². The summed E-state index contributed by atoms with van der Waals surface area (Å²) in [6.07, 6.45) is 3.16. The third-order valence-electron chi connectivity index (χ3n) is 6.62. The van der Waals surface area contributed by atoms with E-state index >= 15 is 0 Å². The molecule has 0 amide bonds. The first-order valence-electron chi connectivity index (χ1n) is 11.6. The first-order chi connectivity index (χ1) is 16.5. The van der Waals surface area contributed by atoms with Gasteiger partial charge in [0.1, 0.15) is 30.2 Å². The molecule has 34 heavy (non-hydrogen) atoms. The van der Waals surface area contributed by atoms with Gasteiger partial charge in [-0.15, -0.1) is 0 Å². The van der Waals surface area contributed by atoms with Crippen LogP contribution < -0.4 is 25.9 Å². The van der Waals surface area contributed by atoms with E-state index < -0.39 is 0 Å². The fourth-order valence-electron chi connectivity index (χ4n) is 4.65. The predicted molar refractivity (Wildman–Crippen MR) is 125 cm³/mol. The zero-order chi connectivity index (χ0) is 23.7. The standard InChI is InChI=1S/C24H28FN5O4/c1-28-22(31)3-2-19-24(28)30(23(32)15-27-19)9-8-29-6-4-17(5-7-29)26-14-16-12-20-21(13-18(16)25)34-11-10-33-20/h2-3,12-13,15,17,26H,4-11,14H2,1H3. The molecule has 1 N–H and O–H groups in total. The quantitative estimate of drug-likeness (QED) is 0.581. The second-order valence-corrected chi connectivity index (χ2v) is 8.77. The Morgan fingerprint density at radius 3 is 2.56 bits per heavy atom. The molecular weight excluding hydrogens is 441 g/mol. The van der Waals surface area contributed by atoms with Crippen molar-refractivity contribution in [3.05, 3.63) is 62.6 Å². The van der Waals surface area contributed by atoms with Crippen LogP contribution >= 0.6 is 0 Å². The van der Waals surface area contributed by atoms with Gasteiger partial charge in [0.2, 0.25) is 0 Å². The lowest BCUT2D eigenvalue weighted by Crippen LogP contribution is -2.43. The Morgan fingerprint density at radius 2 is 1.79 bits per heavy atom. The molecule has 1 fully saturated rings. The van der Waals surface area contributed by atoms with Crippen molar-refractivity contribution in [3.63, 3.8) is 0 Å². The number of hydrogen-bond donors (Lipinski definition) is 1. The molecule has 5 rings (SSSR count). The minimum Gasteiger partial charge on any atom is -0.486 e.